The van der Waals surface area contributed by atoms with Gasteiger partial charge in [0.15, 0.2) is 5.70 Å². The van der Waals surface area contributed by atoms with Gasteiger partial charge in [-0.2, -0.15) is 0 Å². The quantitative estimate of drug-likeness (QED) is 0.365. The van der Waals surface area contributed by atoms with E-state index in [0.717, 1.165) is 11.3 Å². The predicted molar refractivity (Wildman–Crippen MR) is 99.2 cm³/mol. The molecule has 26 heavy (non-hydrogen) atoms. The Morgan fingerprint density at radius 3 is 2.42 bits per heavy atom. The Bertz CT molecular complexity index is 944. The number of carbonyl (C=O) groups is 1. The summed E-state index contributed by atoms with van der Waals surface area (Å²) in [6.45, 7) is 1.63. The van der Waals surface area contributed by atoms with Crippen molar-refractivity contribution >= 4 is 29.3 Å². The van der Waals surface area contributed by atoms with Crippen molar-refractivity contribution in [2.45, 2.75) is 6.92 Å². The Labute approximate surface area is 150 Å². The van der Waals surface area contributed by atoms with Crippen molar-refractivity contribution in [3.8, 4) is 0 Å². The van der Waals surface area contributed by atoms with Gasteiger partial charge < -0.3 is 9.64 Å². The highest BCUT2D eigenvalue weighted by atomic mass is 16.6. The molecule has 0 saturated carbocycles. The molecule has 0 aliphatic carbocycles. The molecule has 0 fully saturated rings. The van der Waals surface area contributed by atoms with Crippen molar-refractivity contribution in [2.75, 3.05) is 19.0 Å². The Balaban J connectivity index is 1.89. The van der Waals surface area contributed by atoms with Crippen LogP contribution in [0.3, 0.4) is 0 Å². The fourth-order valence-corrected chi connectivity index (χ4v) is 2.55. The molecule has 1 aliphatic rings. The van der Waals surface area contributed by atoms with Gasteiger partial charge in [0.25, 0.3) is 5.69 Å². The maximum Gasteiger partial charge on any atom is 0.363 e. The molecule has 0 atom stereocenters. The lowest BCUT2D eigenvalue weighted by atomic mass is 10.1. The Kier molecular flexibility index (Phi) is 4.53. The first-order valence-electron chi connectivity index (χ1n) is 7.90. The molecular formula is C19H17N3O4. The molecule has 132 valence electrons. The highest BCUT2D eigenvalue weighted by Crippen LogP contribution is 2.24. The number of nitrogens with zero attached hydrogens (tertiary/aromatic N) is 3. The van der Waals surface area contributed by atoms with E-state index < -0.39 is 10.9 Å². The van der Waals surface area contributed by atoms with Crippen LogP contribution < -0.4 is 4.90 Å². The molecule has 1 heterocycles. The first kappa shape index (κ1) is 17.3. The van der Waals surface area contributed by atoms with Crippen LogP contribution in [0.25, 0.3) is 6.08 Å². The third kappa shape index (κ3) is 3.46. The summed E-state index contributed by atoms with van der Waals surface area (Å²) in [5.74, 6) is -0.406. The number of anilines is 1. The average Bonchev–Trinajstić information content (AvgIpc) is 2.95. The maximum absolute atomic E-state index is 12.1. The minimum atomic E-state index is -0.548. The number of carbonyl (C=O) groups excluding carboxylic acids is 1. The predicted octanol–water partition coefficient (Wildman–Crippen LogP) is 3.31. The Morgan fingerprint density at radius 1 is 1.15 bits per heavy atom. The summed E-state index contributed by atoms with van der Waals surface area (Å²) in [6, 6.07) is 12.1. The molecule has 0 saturated heterocycles. The van der Waals surface area contributed by atoms with Crippen LogP contribution in [0.15, 0.2) is 53.2 Å². The van der Waals surface area contributed by atoms with Crippen molar-refractivity contribution < 1.29 is 14.5 Å². The van der Waals surface area contributed by atoms with E-state index in [1.54, 1.807) is 19.1 Å². The third-order valence-electron chi connectivity index (χ3n) is 3.97. The van der Waals surface area contributed by atoms with Gasteiger partial charge in [0, 0.05) is 37.0 Å². The molecule has 0 aromatic heterocycles. The molecule has 0 N–H and O–H groups in total. The van der Waals surface area contributed by atoms with Crippen molar-refractivity contribution in [2.24, 2.45) is 4.99 Å². The van der Waals surface area contributed by atoms with Gasteiger partial charge in [-0.25, -0.2) is 9.79 Å². The van der Waals surface area contributed by atoms with Gasteiger partial charge in [-0.05, 0) is 42.8 Å². The van der Waals surface area contributed by atoms with E-state index in [4.69, 9.17) is 4.74 Å². The number of nitro groups is 1. The van der Waals surface area contributed by atoms with Crippen molar-refractivity contribution in [3.63, 3.8) is 0 Å². The number of rotatable bonds is 4. The fourth-order valence-electron chi connectivity index (χ4n) is 2.55. The zero-order valence-corrected chi connectivity index (χ0v) is 14.6. The van der Waals surface area contributed by atoms with Crippen LogP contribution >= 0.6 is 0 Å². The number of esters is 1. The van der Waals surface area contributed by atoms with Gasteiger partial charge in [0.1, 0.15) is 0 Å². The lowest BCUT2D eigenvalue weighted by molar-refractivity contribution is -0.385. The monoisotopic (exact) mass is 351 g/mol. The summed E-state index contributed by atoms with van der Waals surface area (Å²) in [5.41, 5.74) is 3.07. The van der Waals surface area contributed by atoms with Crippen molar-refractivity contribution in [1.29, 1.82) is 0 Å². The highest BCUT2D eigenvalue weighted by Gasteiger charge is 2.25. The zero-order valence-electron chi connectivity index (χ0n) is 14.6. The molecule has 0 unspecified atom stereocenters. The van der Waals surface area contributed by atoms with Crippen molar-refractivity contribution in [3.05, 3.63) is 75.0 Å². The van der Waals surface area contributed by atoms with E-state index >= 15 is 0 Å². The standard InChI is InChI=1S/C19H17N3O4/c1-12-10-14(6-9-17(12)22(24)25)18-20-16(19(23)26-18)11-13-4-7-15(8-5-13)21(2)3/h4-11H,1-3H3/b16-11-. The molecule has 3 rings (SSSR count). The van der Waals surface area contributed by atoms with Crippen LogP contribution in [-0.4, -0.2) is 30.9 Å². The second kappa shape index (κ2) is 6.79. The van der Waals surface area contributed by atoms with Gasteiger partial charge in [-0.15, -0.1) is 0 Å². The minimum Gasteiger partial charge on any atom is -0.402 e. The summed E-state index contributed by atoms with van der Waals surface area (Å²) in [7, 11) is 3.90. The normalized spacial score (nSPS) is 15.0. The average molecular weight is 351 g/mol. The van der Waals surface area contributed by atoms with Crippen LogP contribution in [0.2, 0.25) is 0 Å². The van der Waals surface area contributed by atoms with Crippen LogP contribution in [-0.2, 0) is 9.53 Å². The van der Waals surface area contributed by atoms with Crippen LogP contribution in [0.5, 0.6) is 0 Å². The SMILES string of the molecule is Cc1cc(C2=N/C(=C\c3ccc(N(C)C)cc3)C(=O)O2)ccc1[N+](=O)[O-]. The van der Waals surface area contributed by atoms with Crippen LogP contribution in [0.1, 0.15) is 16.7 Å². The van der Waals surface area contributed by atoms with E-state index in [1.165, 1.54) is 12.1 Å². The summed E-state index contributed by atoms with van der Waals surface area (Å²) in [4.78, 5) is 28.7. The number of benzene rings is 2. The first-order chi connectivity index (χ1) is 12.3. The molecular weight excluding hydrogens is 334 g/mol. The summed E-state index contributed by atoms with van der Waals surface area (Å²) < 4.78 is 5.21. The zero-order chi connectivity index (χ0) is 18.8. The summed E-state index contributed by atoms with van der Waals surface area (Å²) in [5, 5.41) is 10.9. The first-order valence-corrected chi connectivity index (χ1v) is 7.90. The molecule has 7 heteroatoms. The van der Waals surface area contributed by atoms with Crippen molar-refractivity contribution in [1.82, 2.24) is 0 Å². The Hall–Kier alpha value is -3.48. The van der Waals surface area contributed by atoms with E-state index in [9.17, 15) is 14.9 Å². The largest absolute Gasteiger partial charge is 0.402 e. The second-order valence-electron chi connectivity index (χ2n) is 6.08. The van der Waals surface area contributed by atoms with Crippen LogP contribution in [0.4, 0.5) is 11.4 Å². The van der Waals surface area contributed by atoms with Gasteiger partial charge >= 0.3 is 5.97 Å². The van der Waals surface area contributed by atoms with Gasteiger partial charge in [-0.1, -0.05) is 12.1 Å². The van der Waals surface area contributed by atoms with Gasteiger partial charge in [0.2, 0.25) is 5.90 Å². The lowest BCUT2D eigenvalue weighted by Crippen LogP contribution is -2.08. The number of aliphatic imine (C=N–C) groups is 1. The topological polar surface area (TPSA) is 85.0 Å². The number of hydrogen-bond donors (Lipinski definition) is 0. The number of hydrogen-bond acceptors (Lipinski definition) is 6. The molecule has 0 radical (unpaired) electrons. The Morgan fingerprint density at radius 2 is 1.85 bits per heavy atom. The number of ether oxygens (including phenoxy) is 1. The van der Waals surface area contributed by atoms with Gasteiger partial charge in [-0.3, -0.25) is 10.1 Å². The molecule has 0 bridgehead atoms. The lowest BCUT2D eigenvalue weighted by Gasteiger charge is -2.11. The van der Waals surface area contributed by atoms with E-state index in [2.05, 4.69) is 4.99 Å². The number of nitro benzene ring substituents is 1. The molecule has 2 aromatic rings. The van der Waals surface area contributed by atoms with E-state index in [1.807, 2.05) is 43.3 Å². The van der Waals surface area contributed by atoms with Gasteiger partial charge in [0.05, 0.1) is 4.92 Å². The second-order valence-corrected chi connectivity index (χ2v) is 6.08. The fraction of sp³-hybridized carbons (Fsp3) is 0.158. The maximum atomic E-state index is 12.1. The number of cyclic esters (lactones) is 1. The summed E-state index contributed by atoms with van der Waals surface area (Å²) in [6.07, 6.45) is 1.65. The minimum absolute atomic E-state index is 0.00965. The molecule has 1 aliphatic heterocycles. The van der Waals surface area contributed by atoms with E-state index in [0.29, 0.717) is 11.1 Å². The van der Waals surface area contributed by atoms with Crippen LogP contribution in [0, 0.1) is 17.0 Å². The molecule has 2 aromatic carbocycles. The molecule has 0 amide bonds. The highest BCUT2D eigenvalue weighted by molar-refractivity contribution is 6.13. The van der Waals surface area contributed by atoms with E-state index in [-0.39, 0.29) is 17.3 Å². The molecule has 0 spiro atoms. The molecule has 7 nitrogen and oxygen atoms in total. The smallest absolute Gasteiger partial charge is 0.363 e. The third-order valence-corrected chi connectivity index (χ3v) is 3.97. The summed E-state index contributed by atoms with van der Waals surface area (Å²) >= 11 is 0. The number of aryl methyl sites for hydroxylation is 1.